The molecule has 0 aliphatic heterocycles. The number of ether oxygens (including phenoxy) is 1. The molecule has 1 saturated carbocycles. The Labute approximate surface area is 109 Å². The van der Waals surface area contributed by atoms with Crippen molar-refractivity contribution in [3.05, 3.63) is 29.8 Å². The summed E-state index contributed by atoms with van der Waals surface area (Å²) in [7, 11) is 0. The Hall–Kier alpha value is -1.06. The van der Waals surface area contributed by atoms with E-state index in [-0.39, 0.29) is 6.04 Å². The van der Waals surface area contributed by atoms with Crippen molar-refractivity contribution in [2.45, 2.75) is 32.2 Å². The zero-order chi connectivity index (χ0) is 12.8. The minimum Gasteiger partial charge on any atom is -0.508 e. The van der Waals surface area contributed by atoms with E-state index in [0.717, 1.165) is 31.2 Å². The van der Waals surface area contributed by atoms with Crippen molar-refractivity contribution in [1.29, 1.82) is 0 Å². The lowest BCUT2D eigenvalue weighted by molar-refractivity contribution is 0.0710. The Morgan fingerprint density at radius 2 is 2.28 bits per heavy atom. The van der Waals surface area contributed by atoms with Gasteiger partial charge in [0.15, 0.2) is 0 Å². The molecule has 0 spiro atoms. The molecular formula is C15H23NO2. The third-order valence-corrected chi connectivity index (χ3v) is 3.65. The van der Waals surface area contributed by atoms with Gasteiger partial charge in [-0.15, -0.1) is 0 Å². The molecule has 0 saturated heterocycles. The van der Waals surface area contributed by atoms with Gasteiger partial charge in [-0.3, -0.25) is 0 Å². The van der Waals surface area contributed by atoms with Crippen LogP contribution in [0.2, 0.25) is 0 Å². The molecule has 0 heterocycles. The van der Waals surface area contributed by atoms with Crippen molar-refractivity contribution in [3.8, 4) is 5.75 Å². The molecule has 0 radical (unpaired) electrons. The first-order valence-electron chi connectivity index (χ1n) is 6.86. The molecule has 2 rings (SSSR count). The summed E-state index contributed by atoms with van der Waals surface area (Å²) in [6.07, 6.45) is 4.06. The summed E-state index contributed by atoms with van der Waals surface area (Å²) < 4.78 is 5.64. The number of aromatic hydroxyl groups is 1. The van der Waals surface area contributed by atoms with E-state index in [1.807, 2.05) is 12.1 Å². The summed E-state index contributed by atoms with van der Waals surface area (Å²) in [5.41, 5.74) is 1.11. The van der Waals surface area contributed by atoms with Crippen LogP contribution in [0.3, 0.4) is 0 Å². The molecule has 100 valence electrons. The van der Waals surface area contributed by atoms with Gasteiger partial charge in [0.1, 0.15) is 5.75 Å². The van der Waals surface area contributed by atoms with Crippen LogP contribution in [0.1, 0.15) is 37.8 Å². The summed E-state index contributed by atoms with van der Waals surface area (Å²) in [5, 5.41) is 12.8. The normalized spacial score (nSPS) is 17.4. The van der Waals surface area contributed by atoms with Gasteiger partial charge in [-0.05, 0) is 43.4 Å². The third kappa shape index (κ3) is 4.00. The molecule has 1 aliphatic rings. The van der Waals surface area contributed by atoms with Gasteiger partial charge >= 0.3 is 0 Å². The Morgan fingerprint density at radius 1 is 1.44 bits per heavy atom. The van der Waals surface area contributed by atoms with Crippen molar-refractivity contribution in [3.63, 3.8) is 0 Å². The molecule has 3 heteroatoms. The van der Waals surface area contributed by atoms with Gasteiger partial charge in [0, 0.05) is 19.2 Å². The van der Waals surface area contributed by atoms with Gasteiger partial charge in [-0.1, -0.05) is 18.6 Å². The average Bonchev–Trinajstić information content (AvgIpc) is 2.31. The second-order valence-corrected chi connectivity index (χ2v) is 5.14. The van der Waals surface area contributed by atoms with Crippen molar-refractivity contribution < 1.29 is 9.84 Å². The largest absolute Gasteiger partial charge is 0.508 e. The third-order valence-electron chi connectivity index (χ3n) is 3.65. The second kappa shape index (κ2) is 6.76. The minimum atomic E-state index is 0.240. The molecular weight excluding hydrogens is 226 g/mol. The first-order valence-corrected chi connectivity index (χ1v) is 6.86. The van der Waals surface area contributed by atoms with Gasteiger partial charge in [-0.2, -0.15) is 0 Å². The van der Waals surface area contributed by atoms with E-state index in [0.29, 0.717) is 5.75 Å². The molecule has 1 aliphatic carbocycles. The number of nitrogens with one attached hydrogen (secondary N) is 1. The van der Waals surface area contributed by atoms with Crippen LogP contribution in [0.15, 0.2) is 24.3 Å². The zero-order valence-corrected chi connectivity index (χ0v) is 11.1. The quantitative estimate of drug-likeness (QED) is 0.730. The predicted molar refractivity (Wildman–Crippen MR) is 72.7 cm³/mol. The molecule has 0 bridgehead atoms. The molecule has 1 aromatic rings. The zero-order valence-electron chi connectivity index (χ0n) is 11.1. The molecule has 1 fully saturated rings. The van der Waals surface area contributed by atoms with Crippen LogP contribution in [0.25, 0.3) is 0 Å². The van der Waals surface area contributed by atoms with E-state index < -0.39 is 0 Å². The van der Waals surface area contributed by atoms with E-state index >= 15 is 0 Å². The van der Waals surface area contributed by atoms with Crippen molar-refractivity contribution in [2.24, 2.45) is 5.92 Å². The highest BCUT2D eigenvalue weighted by molar-refractivity contribution is 5.28. The first kappa shape index (κ1) is 13.4. The van der Waals surface area contributed by atoms with E-state index in [1.54, 1.807) is 12.1 Å². The number of hydrogen-bond acceptors (Lipinski definition) is 3. The molecule has 3 nitrogen and oxygen atoms in total. The number of phenols is 1. The fourth-order valence-corrected chi connectivity index (χ4v) is 2.17. The Kier molecular flexibility index (Phi) is 5.02. The molecule has 2 N–H and O–H groups in total. The number of phenolic OH excluding ortho intramolecular Hbond substituents is 1. The predicted octanol–water partition coefficient (Wildman–Crippen LogP) is 2.86. The van der Waals surface area contributed by atoms with Crippen LogP contribution < -0.4 is 5.32 Å². The smallest absolute Gasteiger partial charge is 0.115 e. The lowest BCUT2D eigenvalue weighted by Crippen LogP contribution is -2.25. The molecule has 18 heavy (non-hydrogen) atoms. The lowest BCUT2D eigenvalue weighted by Gasteiger charge is -2.25. The average molecular weight is 249 g/mol. The topological polar surface area (TPSA) is 41.5 Å². The van der Waals surface area contributed by atoms with E-state index in [1.165, 1.54) is 19.3 Å². The number of hydrogen-bond donors (Lipinski definition) is 2. The Morgan fingerprint density at radius 3 is 2.94 bits per heavy atom. The standard InChI is InChI=1S/C15H23NO2/c1-12(14-6-3-7-15(17)10-14)16-8-9-18-11-13-4-2-5-13/h3,6-7,10,12-13,16-17H,2,4-5,8-9,11H2,1H3/t12-/m0/s1. The minimum absolute atomic E-state index is 0.240. The van der Waals surface area contributed by atoms with Crippen LogP contribution in [-0.4, -0.2) is 24.9 Å². The molecule has 0 aromatic heterocycles. The summed E-state index contributed by atoms with van der Waals surface area (Å²) in [5.74, 6) is 1.14. The molecule has 1 aromatic carbocycles. The van der Waals surface area contributed by atoms with E-state index in [2.05, 4.69) is 12.2 Å². The van der Waals surface area contributed by atoms with Gasteiger partial charge in [-0.25, -0.2) is 0 Å². The highest BCUT2D eigenvalue weighted by Gasteiger charge is 2.16. The van der Waals surface area contributed by atoms with E-state index in [9.17, 15) is 5.11 Å². The maximum absolute atomic E-state index is 9.41. The first-order chi connectivity index (χ1) is 8.75. The summed E-state index contributed by atoms with van der Waals surface area (Å²) >= 11 is 0. The van der Waals surface area contributed by atoms with Gasteiger partial charge in [0.25, 0.3) is 0 Å². The van der Waals surface area contributed by atoms with Crippen LogP contribution >= 0.6 is 0 Å². The lowest BCUT2D eigenvalue weighted by atomic mass is 9.86. The van der Waals surface area contributed by atoms with Crippen molar-refractivity contribution in [2.75, 3.05) is 19.8 Å². The van der Waals surface area contributed by atoms with Gasteiger partial charge < -0.3 is 15.2 Å². The highest BCUT2D eigenvalue weighted by Crippen LogP contribution is 2.26. The fraction of sp³-hybridized carbons (Fsp3) is 0.600. The maximum Gasteiger partial charge on any atom is 0.115 e. The summed E-state index contributed by atoms with van der Waals surface area (Å²) in [6, 6.07) is 7.62. The molecule has 0 amide bonds. The number of rotatable bonds is 7. The Balaban J connectivity index is 1.60. The SMILES string of the molecule is C[C@H](NCCOCC1CCC1)c1cccc(O)c1. The number of benzene rings is 1. The summed E-state index contributed by atoms with van der Waals surface area (Å²) in [6.45, 7) is 4.63. The maximum atomic E-state index is 9.41. The molecule has 0 unspecified atom stereocenters. The second-order valence-electron chi connectivity index (χ2n) is 5.14. The monoisotopic (exact) mass is 249 g/mol. The van der Waals surface area contributed by atoms with Crippen LogP contribution in [-0.2, 0) is 4.74 Å². The summed E-state index contributed by atoms with van der Waals surface area (Å²) in [4.78, 5) is 0. The van der Waals surface area contributed by atoms with Crippen molar-refractivity contribution >= 4 is 0 Å². The van der Waals surface area contributed by atoms with Crippen LogP contribution in [0.5, 0.6) is 5.75 Å². The van der Waals surface area contributed by atoms with Gasteiger partial charge in [0.2, 0.25) is 0 Å². The van der Waals surface area contributed by atoms with Crippen LogP contribution in [0, 0.1) is 5.92 Å². The van der Waals surface area contributed by atoms with Gasteiger partial charge in [0.05, 0.1) is 6.61 Å². The van der Waals surface area contributed by atoms with E-state index in [4.69, 9.17) is 4.74 Å². The van der Waals surface area contributed by atoms with Crippen molar-refractivity contribution in [1.82, 2.24) is 5.32 Å². The fourth-order valence-electron chi connectivity index (χ4n) is 2.17. The van der Waals surface area contributed by atoms with Crippen LogP contribution in [0.4, 0.5) is 0 Å². The molecule has 1 atom stereocenters. The highest BCUT2D eigenvalue weighted by atomic mass is 16.5. The Bertz CT molecular complexity index is 363.